The molecule has 1 aliphatic heterocycles. The van der Waals surface area contributed by atoms with Crippen LogP contribution in [0.1, 0.15) is 19.4 Å². The SMILES string of the molecule is CC1(C)O[C@@H]([C@H](O)CO)[C@H](COC(=O)Cc2ccccc2)O1. The fourth-order valence-corrected chi connectivity index (χ4v) is 2.41. The smallest absolute Gasteiger partial charge is 0.310 e. The minimum atomic E-state index is -1.08. The van der Waals surface area contributed by atoms with Crippen LogP contribution in [0.25, 0.3) is 0 Å². The highest BCUT2D eigenvalue weighted by Gasteiger charge is 2.45. The van der Waals surface area contributed by atoms with E-state index in [1.807, 2.05) is 30.3 Å². The van der Waals surface area contributed by atoms with Crippen LogP contribution in [-0.2, 0) is 25.4 Å². The summed E-state index contributed by atoms with van der Waals surface area (Å²) in [4.78, 5) is 11.8. The molecule has 3 atom stereocenters. The van der Waals surface area contributed by atoms with Gasteiger partial charge in [0.15, 0.2) is 5.79 Å². The molecule has 0 aliphatic carbocycles. The molecule has 0 unspecified atom stereocenters. The van der Waals surface area contributed by atoms with Crippen molar-refractivity contribution in [2.45, 2.75) is 44.4 Å². The van der Waals surface area contributed by atoms with Crippen LogP contribution >= 0.6 is 0 Å². The average Bonchev–Trinajstić information content (AvgIpc) is 2.80. The maximum absolute atomic E-state index is 11.8. The third kappa shape index (κ3) is 4.51. The maximum atomic E-state index is 11.8. The zero-order valence-corrected chi connectivity index (χ0v) is 12.8. The molecule has 1 fully saturated rings. The van der Waals surface area contributed by atoms with Crippen LogP contribution < -0.4 is 0 Å². The number of benzene rings is 1. The lowest BCUT2D eigenvalue weighted by atomic mass is 10.1. The van der Waals surface area contributed by atoms with Gasteiger partial charge in [0.05, 0.1) is 13.0 Å². The Balaban J connectivity index is 1.87. The second kappa shape index (κ2) is 7.19. The van der Waals surface area contributed by atoms with Crippen LogP contribution in [0.3, 0.4) is 0 Å². The molecule has 22 heavy (non-hydrogen) atoms. The van der Waals surface area contributed by atoms with Crippen LogP contribution in [-0.4, -0.2) is 53.5 Å². The van der Waals surface area contributed by atoms with E-state index in [1.165, 1.54) is 0 Å². The van der Waals surface area contributed by atoms with Gasteiger partial charge in [-0.1, -0.05) is 30.3 Å². The Hall–Kier alpha value is -1.47. The second-order valence-corrected chi connectivity index (χ2v) is 5.73. The first-order chi connectivity index (χ1) is 10.4. The minimum Gasteiger partial charge on any atom is -0.463 e. The largest absolute Gasteiger partial charge is 0.463 e. The number of hydrogen-bond acceptors (Lipinski definition) is 6. The van der Waals surface area contributed by atoms with Gasteiger partial charge in [0.2, 0.25) is 0 Å². The maximum Gasteiger partial charge on any atom is 0.310 e. The highest BCUT2D eigenvalue weighted by Crippen LogP contribution is 2.30. The number of carbonyl (C=O) groups excluding carboxylic acids is 1. The number of hydrogen-bond donors (Lipinski definition) is 2. The Kier molecular flexibility index (Phi) is 5.52. The van der Waals surface area contributed by atoms with Gasteiger partial charge in [0.25, 0.3) is 0 Å². The molecule has 1 aliphatic rings. The highest BCUT2D eigenvalue weighted by molar-refractivity contribution is 5.72. The molecular formula is C16H22O6. The van der Waals surface area contributed by atoms with Gasteiger partial charge in [-0.3, -0.25) is 4.79 Å². The van der Waals surface area contributed by atoms with Gasteiger partial charge in [0, 0.05) is 0 Å². The van der Waals surface area contributed by atoms with Gasteiger partial charge >= 0.3 is 5.97 Å². The summed E-state index contributed by atoms with van der Waals surface area (Å²) in [5.41, 5.74) is 0.864. The van der Waals surface area contributed by atoms with E-state index in [0.717, 1.165) is 5.56 Å². The Labute approximate surface area is 129 Å². The lowest BCUT2D eigenvalue weighted by Gasteiger charge is -2.20. The molecule has 0 aromatic heterocycles. The van der Waals surface area contributed by atoms with E-state index in [9.17, 15) is 9.90 Å². The molecule has 1 aromatic carbocycles. The van der Waals surface area contributed by atoms with Crippen LogP contribution in [0.5, 0.6) is 0 Å². The summed E-state index contributed by atoms with van der Waals surface area (Å²) in [6.45, 7) is 2.93. The monoisotopic (exact) mass is 310 g/mol. The molecule has 6 heteroatoms. The van der Waals surface area contributed by atoms with Crippen molar-refractivity contribution in [1.82, 2.24) is 0 Å². The quantitative estimate of drug-likeness (QED) is 0.750. The number of aliphatic hydroxyl groups is 2. The van der Waals surface area contributed by atoms with E-state index < -0.39 is 30.7 Å². The predicted molar refractivity (Wildman–Crippen MR) is 78.0 cm³/mol. The van der Waals surface area contributed by atoms with Crippen molar-refractivity contribution >= 4 is 5.97 Å². The molecule has 0 bridgehead atoms. The van der Waals surface area contributed by atoms with Gasteiger partial charge in [-0.15, -0.1) is 0 Å². The van der Waals surface area contributed by atoms with Crippen molar-refractivity contribution < 1.29 is 29.2 Å². The van der Waals surface area contributed by atoms with E-state index in [0.29, 0.717) is 0 Å². The molecule has 1 aromatic rings. The zero-order valence-electron chi connectivity index (χ0n) is 12.8. The number of esters is 1. The third-order valence-electron chi connectivity index (χ3n) is 3.39. The molecule has 0 amide bonds. The van der Waals surface area contributed by atoms with Gasteiger partial charge in [0.1, 0.15) is 24.9 Å². The second-order valence-electron chi connectivity index (χ2n) is 5.73. The molecule has 0 spiro atoms. The van der Waals surface area contributed by atoms with Crippen molar-refractivity contribution in [3.8, 4) is 0 Å². The molecule has 122 valence electrons. The van der Waals surface area contributed by atoms with E-state index >= 15 is 0 Å². The number of aliphatic hydroxyl groups excluding tert-OH is 2. The van der Waals surface area contributed by atoms with E-state index in [1.54, 1.807) is 13.8 Å². The third-order valence-corrected chi connectivity index (χ3v) is 3.39. The first-order valence-corrected chi connectivity index (χ1v) is 7.25. The van der Waals surface area contributed by atoms with Crippen LogP contribution in [0, 0.1) is 0 Å². The van der Waals surface area contributed by atoms with Gasteiger partial charge in [-0.2, -0.15) is 0 Å². The molecule has 0 radical (unpaired) electrons. The van der Waals surface area contributed by atoms with E-state index in [-0.39, 0.29) is 19.0 Å². The Bertz CT molecular complexity index is 487. The normalized spacial score (nSPS) is 24.9. The van der Waals surface area contributed by atoms with Gasteiger partial charge in [-0.25, -0.2) is 0 Å². The Morgan fingerprint density at radius 2 is 2.00 bits per heavy atom. The predicted octanol–water partition coefficient (Wildman–Crippen LogP) is 0.646. The first kappa shape index (κ1) is 16.9. The zero-order chi connectivity index (χ0) is 16.2. The summed E-state index contributed by atoms with van der Waals surface area (Å²) in [6, 6.07) is 9.27. The Morgan fingerprint density at radius 1 is 1.32 bits per heavy atom. The summed E-state index contributed by atoms with van der Waals surface area (Å²) in [6.07, 6.45) is -2.26. The number of carbonyl (C=O) groups is 1. The van der Waals surface area contributed by atoms with Gasteiger partial charge in [-0.05, 0) is 19.4 Å². The van der Waals surface area contributed by atoms with Crippen molar-refractivity contribution in [3.05, 3.63) is 35.9 Å². The average molecular weight is 310 g/mol. The summed E-state index contributed by atoms with van der Waals surface area (Å²) < 4.78 is 16.4. The summed E-state index contributed by atoms with van der Waals surface area (Å²) in [5.74, 6) is -1.27. The van der Waals surface area contributed by atoms with Crippen molar-refractivity contribution in [1.29, 1.82) is 0 Å². The van der Waals surface area contributed by atoms with Crippen LogP contribution in [0.15, 0.2) is 30.3 Å². The topological polar surface area (TPSA) is 85.2 Å². The summed E-state index contributed by atoms with van der Waals surface area (Å²) in [7, 11) is 0. The minimum absolute atomic E-state index is 0.0309. The molecular weight excluding hydrogens is 288 g/mol. The molecule has 6 nitrogen and oxygen atoms in total. The number of rotatable bonds is 6. The fraction of sp³-hybridized carbons (Fsp3) is 0.562. The molecule has 2 N–H and O–H groups in total. The standard InChI is InChI=1S/C16H22O6/c1-16(2)21-13(15(22-16)12(18)9-17)10-20-14(19)8-11-6-4-3-5-7-11/h3-7,12-13,15,17-18H,8-10H2,1-2H3/t12-,13+,15+/m1/s1. The molecule has 1 saturated heterocycles. The highest BCUT2D eigenvalue weighted by atomic mass is 16.8. The summed E-state index contributed by atoms with van der Waals surface area (Å²) >= 11 is 0. The van der Waals surface area contributed by atoms with Crippen LogP contribution in [0.2, 0.25) is 0 Å². The molecule has 2 rings (SSSR count). The first-order valence-electron chi connectivity index (χ1n) is 7.25. The van der Waals surface area contributed by atoms with Crippen molar-refractivity contribution in [2.75, 3.05) is 13.2 Å². The fourth-order valence-electron chi connectivity index (χ4n) is 2.41. The van der Waals surface area contributed by atoms with E-state index in [4.69, 9.17) is 19.3 Å². The molecule has 1 heterocycles. The Morgan fingerprint density at radius 3 is 2.64 bits per heavy atom. The van der Waals surface area contributed by atoms with Gasteiger partial charge < -0.3 is 24.4 Å². The lowest BCUT2D eigenvalue weighted by molar-refractivity contribution is -0.163. The van der Waals surface area contributed by atoms with E-state index in [2.05, 4.69) is 0 Å². The number of ether oxygens (including phenoxy) is 3. The lowest BCUT2D eigenvalue weighted by Crippen LogP contribution is -2.40. The van der Waals surface area contributed by atoms with Crippen molar-refractivity contribution in [2.24, 2.45) is 0 Å². The summed E-state index contributed by atoms with van der Waals surface area (Å²) in [5, 5.41) is 18.8. The van der Waals surface area contributed by atoms with Crippen LogP contribution in [0.4, 0.5) is 0 Å². The van der Waals surface area contributed by atoms with Crippen molar-refractivity contribution in [3.63, 3.8) is 0 Å². The molecule has 0 saturated carbocycles.